The third-order valence-electron chi connectivity index (χ3n) is 4.10. The Balaban J connectivity index is 1.76. The summed E-state index contributed by atoms with van der Waals surface area (Å²) in [5.74, 6) is 2.21. The smallest absolute Gasteiger partial charge is 0.312 e. The van der Waals surface area contributed by atoms with E-state index in [0.717, 1.165) is 17.5 Å². The fourth-order valence-corrected chi connectivity index (χ4v) is 3.26. The van der Waals surface area contributed by atoms with Gasteiger partial charge < -0.3 is 14.2 Å². The molecular weight excluding hydrogens is 304 g/mol. The number of ether oxygens (including phenoxy) is 3. The van der Waals surface area contributed by atoms with Gasteiger partial charge in [-0.1, -0.05) is 31.6 Å². The SMILES string of the molecule is C=CCC12COC(c3ccc(C#C[Si](C)(C)C)cc3)(OC1)OC2. The molecule has 0 aliphatic carbocycles. The van der Waals surface area contributed by atoms with Crippen LogP contribution in [0, 0.1) is 16.9 Å². The topological polar surface area (TPSA) is 27.7 Å². The quantitative estimate of drug-likeness (QED) is 0.481. The summed E-state index contributed by atoms with van der Waals surface area (Å²) < 4.78 is 17.8. The summed E-state index contributed by atoms with van der Waals surface area (Å²) in [6.45, 7) is 12.4. The molecule has 0 saturated carbocycles. The van der Waals surface area contributed by atoms with Crippen molar-refractivity contribution in [3.63, 3.8) is 0 Å². The molecule has 1 aromatic rings. The van der Waals surface area contributed by atoms with Crippen LogP contribution >= 0.6 is 0 Å². The van der Waals surface area contributed by atoms with Crippen molar-refractivity contribution >= 4 is 8.07 Å². The van der Waals surface area contributed by atoms with Gasteiger partial charge in [0, 0.05) is 16.5 Å². The van der Waals surface area contributed by atoms with E-state index in [4.69, 9.17) is 14.2 Å². The lowest BCUT2D eigenvalue weighted by Gasteiger charge is -2.51. The van der Waals surface area contributed by atoms with Crippen LogP contribution in [0.4, 0.5) is 0 Å². The molecular formula is C19H24O3Si. The molecule has 3 fully saturated rings. The molecule has 122 valence electrons. The van der Waals surface area contributed by atoms with Crippen LogP contribution in [0.3, 0.4) is 0 Å². The largest absolute Gasteiger partial charge is 0.323 e. The maximum absolute atomic E-state index is 5.94. The van der Waals surface area contributed by atoms with Crippen LogP contribution in [0.1, 0.15) is 17.5 Å². The summed E-state index contributed by atoms with van der Waals surface area (Å²) in [7, 11) is -1.36. The highest BCUT2D eigenvalue weighted by Gasteiger charge is 2.53. The van der Waals surface area contributed by atoms with E-state index >= 15 is 0 Å². The Morgan fingerprint density at radius 1 is 1.09 bits per heavy atom. The third kappa shape index (κ3) is 3.43. The predicted octanol–water partition coefficient (Wildman–Crippen LogP) is 3.67. The highest BCUT2D eigenvalue weighted by Crippen LogP contribution is 2.45. The minimum Gasteiger partial charge on any atom is -0.323 e. The lowest BCUT2D eigenvalue weighted by atomic mass is 9.85. The molecule has 0 radical (unpaired) electrons. The normalized spacial score (nSPS) is 29.7. The second kappa shape index (κ2) is 5.92. The molecule has 23 heavy (non-hydrogen) atoms. The number of benzene rings is 1. The van der Waals surface area contributed by atoms with E-state index < -0.39 is 14.0 Å². The van der Waals surface area contributed by atoms with Crippen LogP contribution in [0.5, 0.6) is 0 Å². The molecule has 3 heterocycles. The van der Waals surface area contributed by atoms with E-state index in [-0.39, 0.29) is 5.41 Å². The number of hydrogen-bond donors (Lipinski definition) is 0. The van der Waals surface area contributed by atoms with Gasteiger partial charge in [0.1, 0.15) is 8.07 Å². The number of allylic oxidation sites excluding steroid dienone is 1. The van der Waals surface area contributed by atoms with Gasteiger partial charge in [0.15, 0.2) is 0 Å². The summed E-state index contributed by atoms with van der Waals surface area (Å²) in [6.07, 6.45) is 2.74. The Morgan fingerprint density at radius 3 is 2.13 bits per heavy atom. The summed E-state index contributed by atoms with van der Waals surface area (Å²) in [6, 6.07) is 7.99. The fourth-order valence-electron chi connectivity index (χ4n) is 2.74. The minimum atomic E-state index is -1.36. The van der Waals surface area contributed by atoms with Crippen molar-refractivity contribution in [2.75, 3.05) is 19.8 Å². The standard InChI is InChI=1S/C19H24O3Si/c1-5-11-18-13-20-19(21-14-18,22-15-18)17-8-6-16(7-9-17)10-12-23(2,3)4/h5-9H,1,11,13-15H2,2-4H3. The summed E-state index contributed by atoms with van der Waals surface area (Å²) in [5.41, 5.74) is 5.20. The van der Waals surface area contributed by atoms with Crippen LogP contribution in [-0.2, 0) is 20.2 Å². The van der Waals surface area contributed by atoms with Gasteiger partial charge in [-0.2, -0.15) is 0 Å². The van der Waals surface area contributed by atoms with E-state index in [9.17, 15) is 0 Å². The van der Waals surface area contributed by atoms with Gasteiger partial charge in [0.05, 0.1) is 19.8 Å². The van der Waals surface area contributed by atoms with Crippen LogP contribution < -0.4 is 0 Å². The molecule has 0 N–H and O–H groups in total. The van der Waals surface area contributed by atoms with Gasteiger partial charge >= 0.3 is 5.97 Å². The molecule has 1 aromatic carbocycles. The van der Waals surface area contributed by atoms with Crippen molar-refractivity contribution in [2.45, 2.75) is 32.0 Å². The van der Waals surface area contributed by atoms with Gasteiger partial charge in [-0.15, -0.1) is 12.1 Å². The zero-order valence-corrected chi connectivity index (χ0v) is 15.1. The van der Waals surface area contributed by atoms with Gasteiger partial charge in [0.2, 0.25) is 0 Å². The highest BCUT2D eigenvalue weighted by molar-refractivity contribution is 6.83. The molecule has 0 atom stereocenters. The average molecular weight is 328 g/mol. The van der Waals surface area contributed by atoms with Gasteiger partial charge in [-0.3, -0.25) is 0 Å². The molecule has 0 spiro atoms. The first-order chi connectivity index (χ1) is 10.9. The molecule has 0 aromatic heterocycles. The lowest BCUT2D eigenvalue weighted by molar-refractivity contribution is -0.479. The molecule has 4 rings (SSSR count). The zero-order valence-electron chi connectivity index (χ0n) is 14.1. The highest BCUT2D eigenvalue weighted by atomic mass is 28.3. The number of rotatable bonds is 3. The molecule has 3 nitrogen and oxygen atoms in total. The maximum Gasteiger partial charge on any atom is 0.312 e. The Hall–Kier alpha value is -1.38. The van der Waals surface area contributed by atoms with Crippen molar-refractivity contribution in [1.82, 2.24) is 0 Å². The van der Waals surface area contributed by atoms with Crippen LogP contribution in [0.25, 0.3) is 0 Å². The van der Waals surface area contributed by atoms with Crippen molar-refractivity contribution in [1.29, 1.82) is 0 Å². The second-order valence-corrected chi connectivity index (χ2v) is 12.2. The van der Waals surface area contributed by atoms with E-state index in [1.165, 1.54) is 0 Å². The van der Waals surface area contributed by atoms with Crippen molar-refractivity contribution in [3.8, 4) is 11.5 Å². The zero-order chi connectivity index (χ0) is 16.6. The predicted molar refractivity (Wildman–Crippen MR) is 93.4 cm³/mol. The molecule has 4 heteroatoms. The summed E-state index contributed by atoms with van der Waals surface area (Å²) in [5, 5.41) is 0. The monoisotopic (exact) mass is 328 g/mol. The third-order valence-corrected chi connectivity index (χ3v) is 4.98. The maximum atomic E-state index is 5.94. The van der Waals surface area contributed by atoms with Crippen molar-refractivity contribution < 1.29 is 14.2 Å². The first kappa shape index (κ1) is 16.5. The van der Waals surface area contributed by atoms with Gasteiger partial charge in [0.25, 0.3) is 0 Å². The molecule has 3 saturated heterocycles. The molecule has 3 aliphatic rings. The average Bonchev–Trinajstić information content (AvgIpc) is 2.55. The second-order valence-electron chi connectivity index (χ2n) is 7.49. The molecule has 2 bridgehead atoms. The Labute approximate surface area is 139 Å². The molecule has 0 unspecified atom stereocenters. The van der Waals surface area contributed by atoms with Gasteiger partial charge in [-0.05, 0) is 30.7 Å². The van der Waals surface area contributed by atoms with Crippen LogP contribution in [-0.4, -0.2) is 27.9 Å². The summed E-state index contributed by atoms with van der Waals surface area (Å²) in [4.78, 5) is 0. The van der Waals surface area contributed by atoms with Crippen LogP contribution in [0.15, 0.2) is 36.9 Å². The Morgan fingerprint density at radius 2 is 1.65 bits per heavy atom. The molecule has 3 aliphatic heterocycles. The van der Waals surface area contributed by atoms with E-state index in [1.54, 1.807) is 0 Å². The summed E-state index contributed by atoms with van der Waals surface area (Å²) >= 11 is 0. The first-order valence-corrected chi connectivity index (χ1v) is 11.5. The van der Waals surface area contributed by atoms with Crippen LogP contribution in [0.2, 0.25) is 19.6 Å². The first-order valence-electron chi connectivity index (χ1n) is 8.03. The minimum absolute atomic E-state index is 0.0771. The Bertz CT molecular complexity index is 621. The number of fused-ring (bicyclic) bond motifs is 3. The Kier molecular flexibility index (Phi) is 4.24. The lowest BCUT2D eigenvalue weighted by Crippen LogP contribution is -2.58. The van der Waals surface area contributed by atoms with Crippen molar-refractivity contribution in [2.24, 2.45) is 5.41 Å². The van der Waals surface area contributed by atoms with Gasteiger partial charge in [-0.25, -0.2) is 0 Å². The number of hydrogen-bond acceptors (Lipinski definition) is 3. The fraction of sp³-hybridized carbons (Fsp3) is 0.474. The van der Waals surface area contributed by atoms with E-state index in [2.05, 4.69) is 37.7 Å². The van der Waals surface area contributed by atoms with E-state index in [0.29, 0.717) is 19.8 Å². The van der Waals surface area contributed by atoms with Crippen molar-refractivity contribution in [3.05, 3.63) is 48.0 Å². The van der Waals surface area contributed by atoms with E-state index in [1.807, 2.05) is 30.3 Å². The molecule has 0 amide bonds.